The van der Waals surface area contributed by atoms with Crippen LogP contribution in [-0.2, 0) is 23.7 Å². The number of alkyl carbamates (subject to hydrolysis) is 1. The van der Waals surface area contributed by atoms with Gasteiger partial charge in [-0.3, -0.25) is 0 Å². The van der Waals surface area contributed by atoms with Crippen LogP contribution in [0.4, 0.5) is 4.79 Å². The molecule has 0 bridgehead atoms. The normalized spacial score (nSPS) is 10.0. The minimum atomic E-state index is -0.337. The van der Waals surface area contributed by atoms with Gasteiger partial charge in [0.05, 0.1) is 32.5 Å². The second-order valence-electron chi connectivity index (χ2n) is 6.95. The Hall–Kier alpha value is -0.240. The summed E-state index contributed by atoms with van der Waals surface area (Å²) >= 11 is 0. The number of aliphatic hydroxyl groups is 1. The van der Waals surface area contributed by atoms with Gasteiger partial charge in [0, 0.05) is 34.0 Å². The number of hydrogen-bond donors (Lipinski definition) is 3. The Balaban J connectivity index is -0.000000220. The molecule has 0 unspecified atom stereocenters. The smallest absolute Gasteiger partial charge is 0.407 e. The van der Waals surface area contributed by atoms with Gasteiger partial charge in [0.1, 0.15) is 6.10 Å². The van der Waals surface area contributed by atoms with Crippen LogP contribution >= 0.6 is 24.0 Å². The van der Waals surface area contributed by atoms with E-state index in [1.807, 2.05) is 27.7 Å². The van der Waals surface area contributed by atoms with E-state index in [0.29, 0.717) is 46.1 Å². The van der Waals surface area contributed by atoms with Crippen molar-refractivity contribution >= 4 is 30.1 Å². The summed E-state index contributed by atoms with van der Waals surface area (Å²) in [5.41, 5.74) is 5.23. The highest BCUT2D eigenvalue weighted by atomic mass is 127. The average molecular weight is 597 g/mol. The van der Waals surface area contributed by atoms with E-state index in [-0.39, 0.29) is 42.3 Å². The highest BCUT2D eigenvalue weighted by Gasteiger charge is 2.09. The maximum atomic E-state index is 11.3. The van der Waals surface area contributed by atoms with E-state index < -0.39 is 0 Å². The molecule has 10 heteroatoms. The van der Waals surface area contributed by atoms with Gasteiger partial charge in [-0.2, -0.15) is 0 Å². The summed E-state index contributed by atoms with van der Waals surface area (Å²) in [5, 5.41) is 11.4. The molecule has 0 aromatic carbocycles. The number of rotatable bonds is 18. The first kappa shape index (κ1) is 40.0. The second-order valence-corrected chi connectivity index (χ2v) is 6.95. The van der Waals surface area contributed by atoms with Crippen molar-refractivity contribution < 1.29 is 33.6 Å². The first-order chi connectivity index (χ1) is 15.5. The summed E-state index contributed by atoms with van der Waals surface area (Å²) in [6.07, 6.45) is 4.81. The fraction of sp³-hybridized carbons (Fsp3) is 0.957. The summed E-state index contributed by atoms with van der Waals surface area (Å²) in [6.45, 7) is 13.2. The molecule has 0 saturated heterocycles. The van der Waals surface area contributed by atoms with Crippen LogP contribution in [0.1, 0.15) is 66.2 Å². The average Bonchev–Trinajstić information content (AvgIpc) is 2.82. The third kappa shape index (κ3) is 39.3. The maximum Gasteiger partial charge on any atom is 0.407 e. The molecule has 1 amide bonds. The summed E-state index contributed by atoms with van der Waals surface area (Å²) in [5.74, 6) is 0. The molecular formula is C23H53IN2O7. The van der Waals surface area contributed by atoms with Gasteiger partial charge in [-0.25, -0.2) is 4.79 Å². The Bertz CT molecular complexity index is 343. The number of ether oxygens (including phenoxy) is 5. The Labute approximate surface area is 219 Å². The van der Waals surface area contributed by atoms with Crippen molar-refractivity contribution in [3.05, 3.63) is 0 Å². The predicted molar refractivity (Wildman–Crippen MR) is 145 cm³/mol. The van der Waals surface area contributed by atoms with E-state index in [0.717, 1.165) is 45.1 Å². The van der Waals surface area contributed by atoms with E-state index >= 15 is 0 Å². The lowest BCUT2D eigenvalue weighted by molar-refractivity contribution is 0.0678. The van der Waals surface area contributed by atoms with E-state index in [2.05, 4.69) is 5.32 Å². The fourth-order valence-corrected chi connectivity index (χ4v) is 1.98. The Morgan fingerprint density at radius 3 is 1.67 bits per heavy atom. The van der Waals surface area contributed by atoms with Crippen LogP contribution in [0.15, 0.2) is 0 Å². The molecule has 0 saturated carbocycles. The number of hydrogen-bond acceptors (Lipinski definition) is 8. The molecule has 4 N–H and O–H groups in total. The van der Waals surface area contributed by atoms with Gasteiger partial charge in [-0.15, -0.1) is 24.0 Å². The molecule has 0 aromatic heterocycles. The van der Waals surface area contributed by atoms with Crippen LogP contribution in [0.2, 0.25) is 0 Å². The largest absolute Gasteiger partial charge is 0.446 e. The fourth-order valence-electron chi connectivity index (χ4n) is 1.98. The van der Waals surface area contributed by atoms with Crippen molar-refractivity contribution in [1.29, 1.82) is 0 Å². The molecule has 0 heterocycles. The van der Waals surface area contributed by atoms with Crippen LogP contribution in [0.5, 0.6) is 0 Å². The lowest BCUT2D eigenvalue weighted by Gasteiger charge is -2.14. The standard InChI is InChI=1S/C12H25NO4.C6H15NO2.C5H12O.HI/c1-4-11(5-2)17-12(14)13-7-6-8-16-10-9-15-3;1-8-5-6-9-4-2-3-7;1-3-5(6)4-2;/h11H,4-10H2,1-3H3,(H,13,14);2-7H2,1H3;5-6H,3-4H2,1-2H3;1H. The quantitative estimate of drug-likeness (QED) is 0.162. The van der Waals surface area contributed by atoms with E-state index in [9.17, 15) is 4.79 Å². The molecule has 0 aliphatic carbocycles. The predicted octanol–water partition coefficient (Wildman–Crippen LogP) is 3.74. The second kappa shape index (κ2) is 36.3. The van der Waals surface area contributed by atoms with Crippen LogP contribution in [-0.4, -0.2) is 90.4 Å². The van der Waals surface area contributed by atoms with Gasteiger partial charge in [0.2, 0.25) is 0 Å². The van der Waals surface area contributed by atoms with Crippen LogP contribution in [0.3, 0.4) is 0 Å². The van der Waals surface area contributed by atoms with Crippen molar-refractivity contribution in [2.75, 3.05) is 67.0 Å². The number of carbonyl (C=O) groups excluding carboxylic acids is 1. The van der Waals surface area contributed by atoms with Crippen molar-refractivity contribution in [2.45, 2.75) is 78.4 Å². The van der Waals surface area contributed by atoms with Crippen molar-refractivity contribution in [2.24, 2.45) is 5.73 Å². The Morgan fingerprint density at radius 2 is 1.30 bits per heavy atom. The minimum Gasteiger partial charge on any atom is -0.446 e. The number of carbonyl (C=O) groups is 1. The number of amides is 1. The Morgan fingerprint density at radius 1 is 0.818 bits per heavy atom. The number of aliphatic hydroxyl groups excluding tert-OH is 1. The number of halogens is 1. The molecule has 9 nitrogen and oxygen atoms in total. The lowest BCUT2D eigenvalue weighted by Crippen LogP contribution is -2.29. The van der Waals surface area contributed by atoms with Gasteiger partial charge in [-0.1, -0.05) is 27.7 Å². The molecule has 33 heavy (non-hydrogen) atoms. The minimum absolute atomic E-state index is 0. The molecule has 0 atom stereocenters. The third-order valence-corrected chi connectivity index (χ3v) is 4.22. The van der Waals surface area contributed by atoms with E-state index in [4.69, 9.17) is 34.5 Å². The monoisotopic (exact) mass is 596 g/mol. The van der Waals surface area contributed by atoms with Gasteiger partial charge >= 0.3 is 6.09 Å². The zero-order valence-electron chi connectivity index (χ0n) is 21.9. The van der Waals surface area contributed by atoms with Crippen LogP contribution < -0.4 is 11.1 Å². The molecule has 0 aliphatic heterocycles. The molecule has 204 valence electrons. The van der Waals surface area contributed by atoms with Crippen molar-refractivity contribution in [1.82, 2.24) is 5.32 Å². The number of methoxy groups -OCH3 is 2. The topological polar surface area (TPSA) is 122 Å². The highest BCUT2D eigenvalue weighted by Crippen LogP contribution is 2.02. The third-order valence-electron chi connectivity index (χ3n) is 4.22. The maximum absolute atomic E-state index is 11.3. The zero-order valence-corrected chi connectivity index (χ0v) is 24.3. The van der Waals surface area contributed by atoms with Gasteiger partial charge < -0.3 is 39.8 Å². The SMILES string of the molecule is CCC(CC)OC(=O)NCCCOCCOC.CCC(O)CC.COCCOCCCN.I. The van der Waals surface area contributed by atoms with Crippen LogP contribution in [0, 0.1) is 0 Å². The first-order valence-electron chi connectivity index (χ1n) is 11.9. The van der Waals surface area contributed by atoms with E-state index in [1.54, 1.807) is 14.2 Å². The number of nitrogens with one attached hydrogen (secondary N) is 1. The molecule has 0 rings (SSSR count). The lowest BCUT2D eigenvalue weighted by atomic mass is 10.2. The van der Waals surface area contributed by atoms with Gasteiger partial charge in [-0.05, 0) is 45.1 Å². The molecule has 0 aromatic rings. The summed E-state index contributed by atoms with van der Waals surface area (Å²) in [4.78, 5) is 11.3. The summed E-state index contributed by atoms with van der Waals surface area (Å²) in [6, 6.07) is 0. The van der Waals surface area contributed by atoms with Crippen LogP contribution in [0.25, 0.3) is 0 Å². The zero-order chi connectivity index (χ0) is 24.9. The molecule has 0 aliphatic rings. The van der Waals surface area contributed by atoms with Crippen molar-refractivity contribution in [3.63, 3.8) is 0 Å². The van der Waals surface area contributed by atoms with Gasteiger partial charge in [0.25, 0.3) is 0 Å². The summed E-state index contributed by atoms with van der Waals surface area (Å²) < 4.78 is 25.2. The Kier molecular flexibility index (Phi) is 44.0. The van der Waals surface area contributed by atoms with E-state index in [1.165, 1.54) is 0 Å². The number of nitrogens with two attached hydrogens (primary N) is 1. The van der Waals surface area contributed by atoms with Gasteiger partial charge in [0.15, 0.2) is 0 Å². The first-order valence-corrected chi connectivity index (χ1v) is 11.9. The molecule has 0 radical (unpaired) electrons. The summed E-state index contributed by atoms with van der Waals surface area (Å²) in [7, 11) is 3.30. The molecule has 0 spiro atoms. The molecule has 0 fully saturated rings. The molecular weight excluding hydrogens is 543 g/mol. The van der Waals surface area contributed by atoms with Crippen molar-refractivity contribution in [3.8, 4) is 0 Å². The highest BCUT2D eigenvalue weighted by molar-refractivity contribution is 14.0.